The van der Waals surface area contributed by atoms with Gasteiger partial charge in [0.05, 0.1) is 6.54 Å². The van der Waals surface area contributed by atoms with E-state index in [1.165, 1.54) is 6.42 Å². The van der Waals surface area contributed by atoms with Crippen LogP contribution in [0.1, 0.15) is 25.7 Å². The van der Waals surface area contributed by atoms with Crippen molar-refractivity contribution in [1.29, 1.82) is 0 Å². The fourth-order valence-electron chi connectivity index (χ4n) is 2.88. The maximum Gasteiger partial charge on any atom is 0.242 e. The van der Waals surface area contributed by atoms with E-state index < -0.39 is 0 Å². The molecule has 2 aliphatic heterocycles. The van der Waals surface area contributed by atoms with Crippen LogP contribution >= 0.6 is 0 Å². The third kappa shape index (κ3) is 3.22. The highest BCUT2D eigenvalue weighted by Crippen LogP contribution is 2.17. The first kappa shape index (κ1) is 13.3. The Balaban J connectivity index is 1.82. The van der Waals surface area contributed by atoms with Crippen LogP contribution < -0.4 is 5.32 Å². The molecular formula is C13H23N3O2. The molecule has 0 aromatic rings. The lowest BCUT2D eigenvalue weighted by Gasteiger charge is -2.33. The molecule has 0 saturated carbocycles. The van der Waals surface area contributed by atoms with E-state index in [1.54, 1.807) is 4.90 Å². The van der Waals surface area contributed by atoms with E-state index in [1.807, 2.05) is 11.9 Å². The van der Waals surface area contributed by atoms with Crippen LogP contribution in [0, 0.1) is 5.92 Å². The molecule has 18 heavy (non-hydrogen) atoms. The summed E-state index contributed by atoms with van der Waals surface area (Å²) < 4.78 is 0. The van der Waals surface area contributed by atoms with Crippen molar-refractivity contribution in [1.82, 2.24) is 15.1 Å². The average molecular weight is 253 g/mol. The van der Waals surface area contributed by atoms with E-state index in [9.17, 15) is 9.59 Å². The minimum Gasteiger partial charge on any atom is -0.341 e. The van der Waals surface area contributed by atoms with Crippen molar-refractivity contribution in [2.75, 3.05) is 39.8 Å². The highest BCUT2D eigenvalue weighted by atomic mass is 16.2. The van der Waals surface area contributed by atoms with Crippen LogP contribution in [0.25, 0.3) is 0 Å². The monoisotopic (exact) mass is 253 g/mol. The van der Waals surface area contributed by atoms with Gasteiger partial charge in [-0.15, -0.1) is 0 Å². The zero-order valence-corrected chi connectivity index (χ0v) is 11.2. The first-order chi connectivity index (χ1) is 8.70. The molecule has 2 saturated heterocycles. The second-order valence-corrected chi connectivity index (χ2v) is 5.32. The van der Waals surface area contributed by atoms with Crippen LogP contribution in [0.15, 0.2) is 0 Å². The Bertz CT molecular complexity index is 317. The summed E-state index contributed by atoms with van der Waals surface area (Å²) in [5.74, 6) is 0.806. The molecule has 2 heterocycles. The van der Waals surface area contributed by atoms with E-state index in [-0.39, 0.29) is 18.4 Å². The molecule has 102 valence electrons. The van der Waals surface area contributed by atoms with E-state index in [0.717, 1.165) is 39.0 Å². The van der Waals surface area contributed by atoms with Crippen LogP contribution in [0.4, 0.5) is 0 Å². The Morgan fingerprint density at radius 3 is 2.89 bits per heavy atom. The number of nitrogens with one attached hydrogen (secondary N) is 1. The summed E-state index contributed by atoms with van der Waals surface area (Å²) in [5, 5.41) is 3.17. The molecule has 1 atom stereocenters. The maximum atomic E-state index is 12.2. The maximum absolute atomic E-state index is 12.2. The molecule has 0 aliphatic carbocycles. The van der Waals surface area contributed by atoms with Crippen LogP contribution in [0.3, 0.4) is 0 Å². The summed E-state index contributed by atoms with van der Waals surface area (Å²) in [7, 11) is 1.95. The van der Waals surface area contributed by atoms with Crippen molar-refractivity contribution >= 4 is 11.8 Å². The number of hydrogen-bond donors (Lipinski definition) is 1. The molecule has 5 nitrogen and oxygen atoms in total. The van der Waals surface area contributed by atoms with Gasteiger partial charge in [-0.3, -0.25) is 9.59 Å². The predicted octanol–water partition coefficient (Wildman–Crippen LogP) is 0.0668. The third-order valence-electron chi connectivity index (χ3n) is 3.86. The first-order valence-corrected chi connectivity index (χ1v) is 6.91. The van der Waals surface area contributed by atoms with Crippen LogP contribution in [0.2, 0.25) is 0 Å². The molecular weight excluding hydrogens is 230 g/mol. The van der Waals surface area contributed by atoms with Gasteiger partial charge in [-0.1, -0.05) is 0 Å². The van der Waals surface area contributed by atoms with Crippen LogP contribution in [-0.4, -0.2) is 61.4 Å². The Labute approximate surface area is 108 Å². The molecule has 5 heteroatoms. The van der Waals surface area contributed by atoms with Gasteiger partial charge in [-0.25, -0.2) is 0 Å². The SMILES string of the molecule is CNCC1CCCN(C(=O)CN2CCCC2=O)C1. The average Bonchev–Trinajstić information content (AvgIpc) is 2.76. The normalized spacial score (nSPS) is 24.7. The Morgan fingerprint density at radius 2 is 2.22 bits per heavy atom. The number of carbonyl (C=O) groups excluding carboxylic acids is 2. The lowest BCUT2D eigenvalue weighted by molar-refractivity contribution is -0.139. The van der Waals surface area contributed by atoms with E-state index in [2.05, 4.69) is 5.32 Å². The topological polar surface area (TPSA) is 52.7 Å². The number of amides is 2. The number of piperidine rings is 1. The van der Waals surface area contributed by atoms with Gasteiger partial charge in [0, 0.05) is 26.1 Å². The molecule has 2 amide bonds. The molecule has 2 rings (SSSR count). The van der Waals surface area contributed by atoms with Crippen LogP contribution in [-0.2, 0) is 9.59 Å². The predicted molar refractivity (Wildman–Crippen MR) is 69.0 cm³/mol. The number of rotatable bonds is 4. The summed E-state index contributed by atoms with van der Waals surface area (Å²) in [6, 6.07) is 0. The van der Waals surface area contributed by atoms with Crippen molar-refractivity contribution in [3.05, 3.63) is 0 Å². The number of likely N-dealkylation sites (tertiary alicyclic amines) is 2. The van der Waals surface area contributed by atoms with Gasteiger partial charge in [0.2, 0.25) is 11.8 Å². The standard InChI is InChI=1S/C13H23N3O2/c1-14-8-11-4-2-6-15(9-11)13(18)10-16-7-3-5-12(16)17/h11,14H,2-10H2,1H3. The number of hydrogen-bond acceptors (Lipinski definition) is 3. The van der Waals surface area contributed by atoms with E-state index in [4.69, 9.17) is 0 Å². The summed E-state index contributed by atoms with van der Waals surface area (Å²) in [5.41, 5.74) is 0. The molecule has 0 radical (unpaired) electrons. The van der Waals surface area contributed by atoms with Gasteiger partial charge < -0.3 is 15.1 Å². The second-order valence-electron chi connectivity index (χ2n) is 5.32. The second kappa shape index (κ2) is 6.18. The summed E-state index contributed by atoms with van der Waals surface area (Å²) >= 11 is 0. The molecule has 0 spiro atoms. The lowest BCUT2D eigenvalue weighted by atomic mass is 9.98. The van der Waals surface area contributed by atoms with Gasteiger partial charge in [-0.05, 0) is 38.8 Å². The highest BCUT2D eigenvalue weighted by Gasteiger charge is 2.27. The molecule has 1 unspecified atom stereocenters. The minimum atomic E-state index is 0.117. The molecule has 0 aromatic heterocycles. The Morgan fingerprint density at radius 1 is 1.39 bits per heavy atom. The zero-order valence-electron chi connectivity index (χ0n) is 11.2. The van der Waals surface area contributed by atoms with Crippen molar-refractivity contribution in [3.63, 3.8) is 0 Å². The fourth-order valence-corrected chi connectivity index (χ4v) is 2.88. The zero-order chi connectivity index (χ0) is 13.0. The number of nitrogens with zero attached hydrogens (tertiary/aromatic N) is 2. The summed E-state index contributed by atoms with van der Waals surface area (Å²) in [6.45, 7) is 3.68. The molecule has 2 aliphatic rings. The van der Waals surface area contributed by atoms with Crippen molar-refractivity contribution < 1.29 is 9.59 Å². The quantitative estimate of drug-likeness (QED) is 0.771. The molecule has 0 bridgehead atoms. The van der Waals surface area contributed by atoms with Crippen LogP contribution in [0.5, 0.6) is 0 Å². The molecule has 0 aromatic carbocycles. The van der Waals surface area contributed by atoms with Gasteiger partial charge in [-0.2, -0.15) is 0 Å². The smallest absolute Gasteiger partial charge is 0.242 e. The van der Waals surface area contributed by atoms with Gasteiger partial charge in [0.1, 0.15) is 0 Å². The highest BCUT2D eigenvalue weighted by molar-refractivity contribution is 5.85. The van der Waals surface area contributed by atoms with Crippen molar-refractivity contribution in [2.24, 2.45) is 5.92 Å². The van der Waals surface area contributed by atoms with Crippen molar-refractivity contribution in [3.8, 4) is 0 Å². The molecule has 2 fully saturated rings. The number of carbonyl (C=O) groups is 2. The van der Waals surface area contributed by atoms with E-state index in [0.29, 0.717) is 12.3 Å². The summed E-state index contributed by atoms with van der Waals surface area (Å²) in [6.07, 6.45) is 3.77. The van der Waals surface area contributed by atoms with Gasteiger partial charge >= 0.3 is 0 Å². The first-order valence-electron chi connectivity index (χ1n) is 6.91. The Hall–Kier alpha value is -1.10. The van der Waals surface area contributed by atoms with Gasteiger partial charge in [0.25, 0.3) is 0 Å². The molecule has 1 N–H and O–H groups in total. The Kier molecular flexibility index (Phi) is 4.58. The van der Waals surface area contributed by atoms with E-state index >= 15 is 0 Å². The van der Waals surface area contributed by atoms with Gasteiger partial charge in [0.15, 0.2) is 0 Å². The lowest BCUT2D eigenvalue weighted by Crippen LogP contribution is -2.46. The summed E-state index contributed by atoms with van der Waals surface area (Å²) in [4.78, 5) is 27.3. The largest absolute Gasteiger partial charge is 0.341 e. The van der Waals surface area contributed by atoms with Crippen molar-refractivity contribution in [2.45, 2.75) is 25.7 Å². The minimum absolute atomic E-state index is 0.117. The fraction of sp³-hybridized carbons (Fsp3) is 0.846. The third-order valence-corrected chi connectivity index (χ3v) is 3.86.